The maximum absolute atomic E-state index is 13.4. The molecule has 4 aromatic rings. The number of hydrogen-bond acceptors (Lipinski definition) is 6. The number of ether oxygens (including phenoxy) is 4. The smallest absolute Gasteiger partial charge is 0.269 e. The average molecular weight is 509 g/mol. The molecule has 3 aromatic carbocycles. The highest BCUT2D eigenvalue weighted by molar-refractivity contribution is 6.01. The first-order valence-electron chi connectivity index (χ1n) is 12.6. The number of aromatic nitrogens is 1. The van der Waals surface area contributed by atoms with Crippen LogP contribution in [0, 0.1) is 0 Å². The lowest BCUT2D eigenvalue weighted by atomic mass is 9.90. The van der Waals surface area contributed by atoms with E-state index in [1.54, 1.807) is 12.1 Å². The first-order chi connectivity index (χ1) is 18.6. The zero-order valence-corrected chi connectivity index (χ0v) is 20.4. The number of hydrogen-bond donors (Lipinski definition) is 1. The molecule has 8 nitrogen and oxygen atoms in total. The number of benzene rings is 3. The predicted octanol–water partition coefficient (Wildman–Crippen LogP) is 4.75. The molecule has 0 unspecified atom stereocenters. The Hall–Kier alpha value is -4.72. The first kappa shape index (κ1) is 22.5. The molecule has 0 spiro atoms. The van der Waals surface area contributed by atoms with Crippen molar-refractivity contribution in [3.05, 3.63) is 95.8 Å². The number of fused-ring (bicyclic) bond motifs is 5. The van der Waals surface area contributed by atoms with Crippen molar-refractivity contribution in [1.29, 1.82) is 0 Å². The van der Waals surface area contributed by atoms with Crippen molar-refractivity contribution in [3.8, 4) is 28.7 Å². The van der Waals surface area contributed by atoms with E-state index in [1.807, 2.05) is 66.9 Å². The van der Waals surface area contributed by atoms with Crippen LogP contribution < -0.4 is 24.3 Å². The van der Waals surface area contributed by atoms with Crippen molar-refractivity contribution in [2.45, 2.75) is 18.4 Å². The molecule has 1 aromatic heterocycles. The molecule has 0 saturated carbocycles. The van der Waals surface area contributed by atoms with E-state index in [4.69, 9.17) is 18.9 Å². The Morgan fingerprint density at radius 3 is 2.42 bits per heavy atom. The number of carbonyl (C=O) groups excluding carboxylic acids is 2. The number of nitrogens with zero attached hydrogens (tertiary/aromatic N) is 1. The van der Waals surface area contributed by atoms with Crippen LogP contribution in [-0.2, 0) is 4.79 Å². The molecule has 0 fully saturated rings. The van der Waals surface area contributed by atoms with Gasteiger partial charge in [-0.15, -0.1) is 0 Å². The summed E-state index contributed by atoms with van der Waals surface area (Å²) in [5.41, 5.74) is 4.04. The van der Waals surface area contributed by atoms with Crippen LogP contribution >= 0.6 is 0 Å². The molecule has 1 amide bonds. The van der Waals surface area contributed by atoms with E-state index in [0.29, 0.717) is 53.9 Å². The van der Waals surface area contributed by atoms with Crippen LogP contribution in [0.3, 0.4) is 0 Å². The minimum absolute atomic E-state index is 0.0396. The second-order valence-corrected chi connectivity index (χ2v) is 9.47. The molecule has 1 N–H and O–H groups in total. The van der Waals surface area contributed by atoms with Crippen molar-refractivity contribution >= 4 is 17.4 Å². The molecule has 7 rings (SSSR count). The molecule has 38 heavy (non-hydrogen) atoms. The minimum Gasteiger partial charge on any atom is -0.486 e. The number of amides is 1. The third-order valence-corrected chi connectivity index (χ3v) is 7.13. The van der Waals surface area contributed by atoms with Crippen LogP contribution in [0.4, 0.5) is 5.69 Å². The van der Waals surface area contributed by atoms with Gasteiger partial charge in [-0.1, -0.05) is 24.3 Å². The molecule has 0 radical (unpaired) electrons. The van der Waals surface area contributed by atoms with E-state index >= 15 is 0 Å². The fourth-order valence-electron chi connectivity index (χ4n) is 5.26. The van der Waals surface area contributed by atoms with E-state index in [2.05, 4.69) is 9.88 Å². The number of ketones is 1. The molecule has 2 atom stereocenters. The lowest BCUT2D eigenvalue weighted by Gasteiger charge is -2.25. The second kappa shape index (κ2) is 8.99. The van der Waals surface area contributed by atoms with Crippen LogP contribution in [-0.4, -0.2) is 42.2 Å². The number of para-hydroxylation sites is 2. The maximum Gasteiger partial charge on any atom is 0.269 e. The van der Waals surface area contributed by atoms with Gasteiger partial charge in [0.1, 0.15) is 19.8 Å². The summed E-state index contributed by atoms with van der Waals surface area (Å²) in [6, 6.07) is 22.6. The summed E-state index contributed by atoms with van der Waals surface area (Å²) in [6.07, 6.45) is 1.54. The highest BCUT2D eigenvalue weighted by Gasteiger charge is 2.31. The molecule has 0 aliphatic carbocycles. The quantitative estimate of drug-likeness (QED) is 0.430. The van der Waals surface area contributed by atoms with Gasteiger partial charge in [0.15, 0.2) is 28.8 Å². The molecule has 3 aliphatic heterocycles. The number of nitrogens with one attached hydrogen (secondary N) is 1. The van der Waals surface area contributed by atoms with Crippen LogP contribution in [0.25, 0.3) is 5.69 Å². The van der Waals surface area contributed by atoms with Gasteiger partial charge in [-0.05, 0) is 48.0 Å². The topological polar surface area (TPSA) is 88.0 Å². The molecule has 8 heteroatoms. The summed E-state index contributed by atoms with van der Waals surface area (Å²) in [4.78, 5) is 26.3. The number of rotatable bonds is 3. The van der Waals surface area contributed by atoms with Crippen LogP contribution in [0.2, 0.25) is 0 Å². The van der Waals surface area contributed by atoms with Crippen molar-refractivity contribution in [2.24, 2.45) is 0 Å². The fourth-order valence-corrected chi connectivity index (χ4v) is 5.26. The third-order valence-electron chi connectivity index (χ3n) is 7.13. The molecule has 190 valence electrons. The highest BCUT2D eigenvalue weighted by atomic mass is 16.6. The zero-order valence-electron chi connectivity index (χ0n) is 20.4. The Bertz CT molecular complexity index is 1560. The first-order valence-corrected chi connectivity index (χ1v) is 12.6. The summed E-state index contributed by atoms with van der Waals surface area (Å²) in [7, 11) is 0. The number of anilines is 1. The average Bonchev–Trinajstić information content (AvgIpc) is 3.41. The Balaban J connectivity index is 1.13. The normalized spacial score (nSPS) is 19.1. The molecular weight excluding hydrogens is 484 g/mol. The van der Waals surface area contributed by atoms with Crippen molar-refractivity contribution in [3.63, 3.8) is 0 Å². The molecule has 3 aliphatic rings. The summed E-state index contributed by atoms with van der Waals surface area (Å²) < 4.78 is 25.0. The minimum atomic E-state index is -0.746. The standard InChI is InChI=1S/C30H24N2O6/c33-24-14-20(22-4-3-11-32(22)23-16-28-27(15-21(23)24)35-12-13-36-28)18-7-9-19(10-8-18)31-30(34)29-17-37-25-5-1-2-6-26(25)38-29/h1-11,15-16,20,29H,12-14,17H2,(H,31,34)/t20-,29+/m0/s1. The monoisotopic (exact) mass is 508 g/mol. The SMILES string of the molecule is O=C1C[C@@H](c2ccc(NC(=O)[C@H]3COc4ccccc4O3)cc2)c2cccn2-c2cc3c(cc21)OCCO3. The Morgan fingerprint density at radius 2 is 1.61 bits per heavy atom. The Morgan fingerprint density at radius 1 is 0.842 bits per heavy atom. The number of carbonyl (C=O) groups is 2. The molecular formula is C30H24N2O6. The maximum atomic E-state index is 13.4. The van der Waals surface area contributed by atoms with Gasteiger partial charge in [0.2, 0.25) is 6.10 Å². The van der Waals surface area contributed by atoms with Gasteiger partial charge >= 0.3 is 0 Å². The summed E-state index contributed by atoms with van der Waals surface area (Å²) in [6.45, 7) is 1.09. The Kier molecular flexibility index (Phi) is 5.32. The molecule has 0 bridgehead atoms. The fraction of sp³-hybridized carbons (Fsp3) is 0.200. The van der Waals surface area contributed by atoms with E-state index in [-0.39, 0.29) is 24.2 Å². The molecule has 4 heterocycles. The van der Waals surface area contributed by atoms with Gasteiger partial charge in [-0.25, -0.2) is 0 Å². The van der Waals surface area contributed by atoms with Gasteiger partial charge in [0.05, 0.1) is 5.69 Å². The third kappa shape index (κ3) is 3.85. The van der Waals surface area contributed by atoms with Gasteiger partial charge in [-0.3, -0.25) is 9.59 Å². The summed E-state index contributed by atoms with van der Waals surface area (Å²) in [5, 5.41) is 2.91. The van der Waals surface area contributed by atoms with E-state index in [9.17, 15) is 9.59 Å². The van der Waals surface area contributed by atoms with Crippen molar-refractivity contribution < 1.29 is 28.5 Å². The largest absolute Gasteiger partial charge is 0.486 e. The van der Waals surface area contributed by atoms with E-state index < -0.39 is 6.10 Å². The van der Waals surface area contributed by atoms with Crippen LogP contribution in [0.15, 0.2) is 79.0 Å². The van der Waals surface area contributed by atoms with Gasteiger partial charge in [-0.2, -0.15) is 0 Å². The lowest BCUT2D eigenvalue weighted by Crippen LogP contribution is -2.40. The van der Waals surface area contributed by atoms with Crippen molar-refractivity contribution in [2.75, 3.05) is 25.1 Å². The Labute approximate surface area is 218 Å². The van der Waals surface area contributed by atoms with Crippen molar-refractivity contribution in [1.82, 2.24) is 4.57 Å². The highest BCUT2D eigenvalue weighted by Crippen LogP contribution is 2.41. The van der Waals surface area contributed by atoms with Gasteiger partial charge in [0, 0.05) is 41.5 Å². The lowest BCUT2D eigenvalue weighted by molar-refractivity contribution is -0.125. The van der Waals surface area contributed by atoms with Gasteiger partial charge < -0.3 is 28.8 Å². The van der Waals surface area contributed by atoms with E-state index in [0.717, 1.165) is 16.9 Å². The van der Waals surface area contributed by atoms with E-state index in [1.165, 1.54) is 0 Å². The van der Waals surface area contributed by atoms with Crippen LogP contribution in [0.1, 0.15) is 34.0 Å². The zero-order chi connectivity index (χ0) is 25.6. The summed E-state index contributed by atoms with van der Waals surface area (Å²) in [5.74, 6) is 2.04. The predicted molar refractivity (Wildman–Crippen MR) is 139 cm³/mol. The van der Waals surface area contributed by atoms with Gasteiger partial charge in [0.25, 0.3) is 5.91 Å². The summed E-state index contributed by atoms with van der Waals surface area (Å²) >= 11 is 0. The second-order valence-electron chi connectivity index (χ2n) is 9.47. The van der Waals surface area contributed by atoms with Crippen LogP contribution in [0.5, 0.6) is 23.0 Å². The number of Topliss-reactive ketones (excluding diaryl/α,β-unsaturated/α-hetero) is 1. The molecule has 0 saturated heterocycles.